The summed E-state index contributed by atoms with van der Waals surface area (Å²) in [5.41, 5.74) is 7.08. The van der Waals surface area contributed by atoms with Crippen LogP contribution in [0.15, 0.2) is 84.5 Å². The maximum atomic E-state index is 6.31. The van der Waals surface area contributed by atoms with Crippen LogP contribution in [-0.4, -0.2) is 23.6 Å². The molecule has 0 spiro atoms. The SMILES string of the molecule is C=C1/C=C\C(C)=N/COc2c1ccc(C)c2N1c2cccnc2N(c2ccccc2)[C@@H]1C. The van der Waals surface area contributed by atoms with Crippen LogP contribution in [0.1, 0.15) is 25.0 Å². The number of ether oxygens (including phenoxy) is 1. The van der Waals surface area contributed by atoms with Gasteiger partial charge >= 0.3 is 0 Å². The summed E-state index contributed by atoms with van der Waals surface area (Å²) in [6.07, 6.45) is 5.83. The maximum absolute atomic E-state index is 6.31. The molecule has 0 fully saturated rings. The summed E-state index contributed by atoms with van der Waals surface area (Å²) in [6.45, 7) is 10.8. The highest BCUT2D eigenvalue weighted by atomic mass is 16.5. The molecule has 5 heteroatoms. The molecule has 2 aliphatic heterocycles. The average Bonchev–Trinajstić information content (AvgIpc) is 3.12. The number of hydrogen-bond acceptors (Lipinski definition) is 5. The Morgan fingerprint density at radius 1 is 0.969 bits per heavy atom. The van der Waals surface area contributed by atoms with E-state index in [4.69, 9.17) is 9.72 Å². The average molecular weight is 423 g/mol. The van der Waals surface area contributed by atoms with E-state index in [9.17, 15) is 0 Å². The van der Waals surface area contributed by atoms with E-state index in [0.29, 0.717) is 0 Å². The lowest BCUT2D eigenvalue weighted by molar-refractivity contribution is 0.331. The molecule has 0 aliphatic carbocycles. The zero-order valence-corrected chi connectivity index (χ0v) is 18.6. The van der Waals surface area contributed by atoms with Gasteiger partial charge in [-0.3, -0.25) is 4.99 Å². The van der Waals surface area contributed by atoms with Crippen molar-refractivity contribution in [2.45, 2.75) is 26.9 Å². The molecular formula is C27H26N4O. The second-order valence-electron chi connectivity index (χ2n) is 8.09. The Bertz CT molecular complexity index is 1250. The van der Waals surface area contributed by atoms with Crippen LogP contribution in [0, 0.1) is 6.92 Å². The molecule has 5 nitrogen and oxygen atoms in total. The van der Waals surface area contributed by atoms with E-state index in [2.05, 4.69) is 77.7 Å². The first-order valence-electron chi connectivity index (χ1n) is 10.8. The van der Waals surface area contributed by atoms with E-state index in [0.717, 1.165) is 51.0 Å². The number of nitrogens with zero attached hydrogens (tertiary/aromatic N) is 4. The van der Waals surface area contributed by atoms with Gasteiger partial charge in [0, 0.05) is 23.2 Å². The van der Waals surface area contributed by atoms with Crippen molar-refractivity contribution < 1.29 is 4.74 Å². The Labute approximate surface area is 189 Å². The summed E-state index contributed by atoms with van der Waals surface area (Å²) >= 11 is 0. The highest BCUT2D eigenvalue weighted by Gasteiger charge is 2.38. The van der Waals surface area contributed by atoms with Crippen molar-refractivity contribution in [1.29, 1.82) is 0 Å². The fourth-order valence-electron chi connectivity index (χ4n) is 4.42. The van der Waals surface area contributed by atoms with Crippen molar-refractivity contribution in [1.82, 2.24) is 4.98 Å². The van der Waals surface area contributed by atoms with Gasteiger partial charge in [-0.2, -0.15) is 0 Å². The number of para-hydroxylation sites is 1. The first-order chi connectivity index (χ1) is 15.6. The predicted octanol–water partition coefficient (Wildman–Crippen LogP) is 6.41. The minimum Gasteiger partial charge on any atom is -0.468 e. The van der Waals surface area contributed by atoms with Crippen molar-refractivity contribution in [3.63, 3.8) is 0 Å². The largest absolute Gasteiger partial charge is 0.468 e. The van der Waals surface area contributed by atoms with E-state index in [1.807, 2.05) is 37.4 Å². The molecule has 1 aromatic heterocycles. The van der Waals surface area contributed by atoms with Gasteiger partial charge in [0.25, 0.3) is 0 Å². The molecule has 0 unspecified atom stereocenters. The van der Waals surface area contributed by atoms with Crippen molar-refractivity contribution >= 4 is 34.2 Å². The molecule has 2 aromatic carbocycles. The van der Waals surface area contributed by atoms with Crippen LogP contribution in [0.25, 0.3) is 5.57 Å². The van der Waals surface area contributed by atoms with E-state index >= 15 is 0 Å². The lowest BCUT2D eigenvalue weighted by Gasteiger charge is -2.32. The number of benzene rings is 2. The molecule has 3 heterocycles. The van der Waals surface area contributed by atoms with Gasteiger partial charge in [-0.1, -0.05) is 43.0 Å². The number of anilines is 4. The molecule has 160 valence electrons. The second-order valence-corrected chi connectivity index (χ2v) is 8.09. The summed E-state index contributed by atoms with van der Waals surface area (Å²) in [5, 5.41) is 0. The molecule has 1 atom stereocenters. The van der Waals surface area contributed by atoms with Gasteiger partial charge in [-0.25, -0.2) is 4.98 Å². The topological polar surface area (TPSA) is 41.0 Å². The Morgan fingerprint density at radius 2 is 1.78 bits per heavy atom. The minimum atomic E-state index is -0.00206. The summed E-state index contributed by atoms with van der Waals surface area (Å²) in [4.78, 5) is 13.9. The highest BCUT2D eigenvalue weighted by molar-refractivity contribution is 5.97. The van der Waals surface area contributed by atoms with Crippen LogP contribution in [0.3, 0.4) is 0 Å². The first kappa shape index (κ1) is 20.1. The third kappa shape index (κ3) is 3.26. The molecule has 0 amide bonds. The Kier molecular flexibility index (Phi) is 5.02. The molecular weight excluding hydrogens is 396 g/mol. The summed E-state index contributed by atoms with van der Waals surface area (Å²) in [5.74, 6) is 1.73. The summed E-state index contributed by atoms with van der Waals surface area (Å²) < 4.78 is 6.31. The van der Waals surface area contributed by atoms with Crippen LogP contribution in [-0.2, 0) is 0 Å². The zero-order chi connectivity index (χ0) is 22.2. The number of hydrogen-bond donors (Lipinski definition) is 0. The lowest BCUT2D eigenvalue weighted by Crippen LogP contribution is -2.36. The zero-order valence-electron chi connectivity index (χ0n) is 18.6. The summed E-state index contributed by atoms with van der Waals surface area (Å²) in [6, 6.07) is 18.7. The predicted molar refractivity (Wildman–Crippen MR) is 132 cm³/mol. The highest BCUT2D eigenvalue weighted by Crippen LogP contribution is 2.51. The second kappa shape index (κ2) is 8.00. The molecule has 0 saturated carbocycles. The Morgan fingerprint density at radius 3 is 2.59 bits per heavy atom. The summed E-state index contributed by atoms with van der Waals surface area (Å²) in [7, 11) is 0. The standard InChI is InChI=1S/C27H26N4O/c1-18-12-14-20(3)29-17-32-26-23(18)15-13-19(2)25(26)31-21(4)30(22-9-6-5-7-10-22)27-24(31)11-8-16-28-27/h5-16,21H,1,17H2,2-4H3/b14-12-,29-20-/t21-/m0/s1. The third-order valence-corrected chi connectivity index (χ3v) is 6.00. The monoisotopic (exact) mass is 422 g/mol. The molecule has 32 heavy (non-hydrogen) atoms. The van der Waals surface area contributed by atoms with E-state index in [1.54, 1.807) is 0 Å². The fourth-order valence-corrected chi connectivity index (χ4v) is 4.42. The number of fused-ring (bicyclic) bond motifs is 2. The van der Waals surface area contributed by atoms with Crippen LogP contribution in [0.5, 0.6) is 5.75 Å². The van der Waals surface area contributed by atoms with Crippen LogP contribution >= 0.6 is 0 Å². The van der Waals surface area contributed by atoms with Gasteiger partial charge in [-0.15, -0.1) is 0 Å². The van der Waals surface area contributed by atoms with Crippen LogP contribution in [0.4, 0.5) is 22.9 Å². The van der Waals surface area contributed by atoms with Crippen molar-refractivity contribution in [3.8, 4) is 5.75 Å². The van der Waals surface area contributed by atoms with Crippen LogP contribution in [0.2, 0.25) is 0 Å². The molecule has 0 radical (unpaired) electrons. The third-order valence-electron chi connectivity index (χ3n) is 6.00. The molecule has 3 aromatic rings. The maximum Gasteiger partial charge on any atom is 0.179 e. The van der Waals surface area contributed by atoms with Crippen molar-refractivity contribution in [3.05, 3.63) is 90.7 Å². The smallest absolute Gasteiger partial charge is 0.179 e. The quantitative estimate of drug-likeness (QED) is 0.479. The lowest BCUT2D eigenvalue weighted by atomic mass is 10.0. The number of aromatic nitrogens is 1. The Balaban J connectivity index is 1.71. The number of aryl methyl sites for hydroxylation is 1. The van der Waals surface area contributed by atoms with Gasteiger partial charge in [-0.05, 0) is 62.2 Å². The van der Waals surface area contributed by atoms with Gasteiger partial charge < -0.3 is 14.5 Å². The van der Waals surface area contributed by atoms with Gasteiger partial charge in [0.1, 0.15) is 6.17 Å². The molecule has 0 saturated heterocycles. The Hall–Kier alpha value is -3.86. The number of pyridine rings is 1. The van der Waals surface area contributed by atoms with Gasteiger partial charge in [0.15, 0.2) is 18.3 Å². The minimum absolute atomic E-state index is 0.00206. The van der Waals surface area contributed by atoms with Crippen LogP contribution < -0.4 is 14.5 Å². The van der Waals surface area contributed by atoms with E-state index in [1.165, 1.54) is 0 Å². The van der Waals surface area contributed by atoms with Crippen molar-refractivity contribution in [2.75, 3.05) is 16.5 Å². The molecule has 0 bridgehead atoms. The fraction of sp³-hybridized carbons (Fsp3) is 0.185. The van der Waals surface area contributed by atoms with Gasteiger partial charge in [0.2, 0.25) is 0 Å². The van der Waals surface area contributed by atoms with E-state index < -0.39 is 0 Å². The number of rotatable bonds is 2. The molecule has 2 aliphatic rings. The number of allylic oxidation sites excluding steroid dienone is 3. The molecule has 0 N–H and O–H groups in total. The first-order valence-corrected chi connectivity index (χ1v) is 10.8. The van der Waals surface area contributed by atoms with E-state index in [-0.39, 0.29) is 12.9 Å². The van der Waals surface area contributed by atoms with Gasteiger partial charge in [0.05, 0.1) is 11.4 Å². The number of aliphatic imine (C=N–C) groups is 1. The molecule has 5 rings (SSSR count). The normalized spacial score (nSPS) is 20.3. The van der Waals surface area contributed by atoms with Crippen molar-refractivity contribution in [2.24, 2.45) is 4.99 Å².